The molecule has 5 rings (SSSR count). The minimum atomic E-state index is -0.271. The van der Waals surface area contributed by atoms with Gasteiger partial charge in [0, 0.05) is 6.54 Å². The van der Waals surface area contributed by atoms with Crippen LogP contribution in [0.5, 0.6) is 0 Å². The molecule has 0 N–H and O–H groups in total. The molecule has 2 aromatic carbocycles. The third-order valence-electron chi connectivity index (χ3n) is 5.23. The highest BCUT2D eigenvalue weighted by molar-refractivity contribution is 7.13. The summed E-state index contributed by atoms with van der Waals surface area (Å²) in [5, 5.41) is 6.55. The number of aromatic nitrogens is 3. The number of hydrogen-bond donors (Lipinski definition) is 0. The number of hydrogen-bond acceptors (Lipinski definition) is 4. The fraction of sp³-hybridized carbons (Fsp3) is 0.174. The number of para-hydroxylation sites is 1. The number of benzene rings is 2. The van der Waals surface area contributed by atoms with Gasteiger partial charge in [-0.2, -0.15) is 0 Å². The Bertz CT molecular complexity index is 1220. The van der Waals surface area contributed by atoms with E-state index in [1.165, 1.54) is 12.1 Å². The summed E-state index contributed by atoms with van der Waals surface area (Å²) in [6, 6.07) is 16.6. The first-order valence-corrected chi connectivity index (χ1v) is 10.7. The predicted octanol–water partition coefficient (Wildman–Crippen LogP) is 5.04. The van der Waals surface area contributed by atoms with Gasteiger partial charge < -0.3 is 4.90 Å². The predicted molar refractivity (Wildman–Crippen MR) is 116 cm³/mol. The Morgan fingerprint density at radius 1 is 1.13 bits per heavy atom. The van der Waals surface area contributed by atoms with Crippen LogP contribution >= 0.6 is 11.3 Å². The molecule has 3 heterocycles. The van der Waals surface area contributed by atoms with Crippen LogP contribution in [0.2, 0.25) is 0 Å². The zero-order valence-electron chi connectivity index (χ0n) is 16.4. The van der Waals surface area contributed by atoms with E-state index in [0.29, 0.717) is 12.4 Å². The number of anilines is 1. The lowest BCUT2D eigenvalue weighted by Gasteiger charge is -2.30. The van der Waals surface area contributed by atoms with Crippen molar-refractivity contribution >= 4 is 22.9 Å². The van der Waals surface area contributed by atoms with Crippen molar-refractivity contribution in [3.63, 3.8) is 0 Å². The number of nitrogens with zero attached hydrogens (tertiary/aromatic N) is 4. The van der Waals surface area contributed by atoms with Gasteiger partial charge in [0.25, 0.3) is 5.91 Å². The van der Waals surface area contributed by atoms with Gasteiger partial charge >= 0.3 is 0 Å². The molecule has 1 aliphatic rings. The van der Waals surface area contributed by atoms with E-state index in [0.717, 1.165) is 40.2 Å². The lowest BCUT2D eigenvalue weighted by Crippen LogP contribution is -2.37. The molecule has 0 fully saturated rings. The van der Waals surface area contributed by atoms with Crippen molar-refractivity contribution in [1.82, 2.24) is 14.8 Å². The van der Waals surface area contributed by atoms with Gasteiger partial charge in [-0.3, -0.25) is 4.79 Å². The van der Waals surface area contributed by atoms with E-state index in [2.05, 4.69) is 10.1 Å². The summed E-state index contributed by atoms with van der Waals surface area (Å²) >= 11 is 1.55. The molecule has 5 nitrogen and oxygen atoms in total. The molecule has 30 heavy (non-hydrogen) atoms. The van der Waals surface area contributed by atoms with E-state index in [9.17, 15) is 9.18 Å². The Morgan fingerprint density at radius 2 is 1.97 bits per heavy atom. The molecule has 0 spiro atoms. The molecule has 0 aliphatic carbocycles. The molecule has 0 atom stereocenters. The lowest BCUT2D eigenvalue weighted by molar-refractivity contribution is 0.0975. The van der Waals surface area contributed by atoms with E-state index in [-0.39, 0.29) is 17.5 Å². The average Bonchev–Trinajstić information content (AvgIpc) is 3.43. The summed E-state index contributed by atoms with van der Waals surface area (Å²) in [6.45, 7) is 2.40. The van der Waals surface area contributed by atoms with E-state index in [1.54, 1.807) is 20.9 Å². The molecule has 0 radical (unpaired) electrons. The smallest absolute Gasteiger partial charge is 0.297 e. The monoisotopic (exact) mass is 418 g/mol. The van der Waals surface area contributed by atoms with Gasteiger partial charge in [0.1, 0.15) is 5.82 Å². The van der Waals surface area contributed by atoms with Gasteiger partial charge in [0.15, 0.2) is 5.82 Å². The van der Waals surface area contributed by atoms with Crippen LogP contribution in [0.25, 0.3) is 16.4 Å². The fourth-order valence-corrected chi connectivity index (χ4v) is 4.66. The van der Waals surface area contributed by atoms with Crippen molar-refractivity contribution in [2.24, 2.45) is 0 Å². The third-order valence-corrected chi connectivity index (χ3v) is 6.09. The summed E-state index contributed by atoms with van der Waals surface area (Å²) in [6.07, 6.45) is 1.53. The van der Waals surface area contributed by atoms with Crippen LogP contribution in [-0.4, -0.2) is 27.2 Å². The number of halogens is 1. The fourth-order valence-electron chi connectivity index (χ4n) is 3.96. The number of aryl methyl sites for hydroxylation is 2. The van der Waals surface area contributed by atoms with Crippen LogP contribution in [0.1, 0.15) is 28.2 Å². The molecule has 1 amide bonds. The van der Waals surface area contributed by atoms with Crippen LogP contribution in [0.15, 0.2) is 60.0 Å². The van der Waals surface area contributed by atoms with Crippen molar-refractivity contribution in [1.29, 1.82) is 0 Å². The Hall–Kier alpha value is -3.32. The van der Waals surface area contributed by atoms with Crippen molar-refractivity contribution in [3.8, 4) is 16.4 Å². The third kappa shape index (κ3) is 3.21. The molecule has 0 saturated heterocycles. The van der Waals surface area contributed by atoms with Crippen molar-refractivity contribution < 1.29 is 9.18 Å². The highest BCUT2D eigenvalue weighted by Gasteiger charge is 2.29. The number of rotatable bonds is 3. The first-order chi connectivity index (χ1) is 14.6. The number of thiophene rings is 1. The van der Waals surface area contributed by atoms with E-state index >= 15 is 0 Å². The maximum atomic E-state index is 13.9. The second-order valence-electron chi connectivity index (χ2n) is 7.27. The molecule has 0 unspecified atom stereocenters. The van der Waals surface area contributed by atoms with Gasteiger partial charge in [-0.1, -0.05) is 24.3 Å². The minimum absolute atomic E-state index is 0.138. The zero-order valence-corrected chi connectivity index (χ0v) is 17.2. The Labute approximate surface area is 177 Å². The summed E-state index contributed by atoms with van der Waals surface area (Å²) < 4.78 is 15.6. The van der Waals surface area contributed by atoms with Crippen LogP contribution in [-0.2, 0) is 6.42 Å². The van der Waals surface area contributed by atoms with Crippen LogP contribution in [0, 0.1) is 12.7 Å². The largest absolute Gasteiger partial charge is 0.305 e. The highest BCUT2D eigenvalue weighted by atomic mass is 32.1. The highest BCUT2D eigenvalue weighted by Crippen LogP contribution is 2.33. The molecule has 1 aliphatic heterocycles. The first-order valence-electron chi connectivity index (χ1n) is 9.79. The van der Waals surface area contributed by atoms with Gasteiger partial charge in [0.2, 0.25) is 5.82 Å². The van der Waals surface area contributed by atoms with Crippen LogP contribution in [0.3, 0.4) is 0 Å². The summed E-state index contributed by atoms with van der Waals surface area (Å²) in [5.41, 5.74) is 3.22. The molecule has 150 valence electrons. The maximum Gasteiger partial charge on any atom is 0.297 e. The van der Waals surface area contributed by atoms with Crippen molar-refractivity contribution in [2.75, 3.05) is 11.4 Å². The average molecular weight is 418 g/mol. The normalized spacial score (nSPS) is 13.3. The number of fused-ring (bicyclic) bond motifs is 1. The second kappa shape index (κ2) is 7.50. The lowest BCUT2D eigenvalue weighted by atomic mass is 9.98. The second-order valence-corrected chi connectivity index (χ2v) is 8.22. The van der Waals surface area contributed by atoms with Crippen LogP contribution in [0.4, 0.5) is 10.1 Å². The van der Waals surface area contributed by atoms with Crippen LogP contribution < -0.4 is 4.90 Å². The first kappa shape index (κ1) is 18.7. The zero-order chi connectivity index (χ0) is 20.7. The van der Waals surface area contributed by atoms with E-state index in [1.807, 2.05) is 54.8 Å². The minimum Gasteiger partial charge on any atom is -0.305 e. The number of amides is 1. The summed E-state index contributed by atoms with van der Waals surface area (Å²) in [5.74, 6) is 0.233. The Morgan fingerprint density at radius 3 is 2.73 bits per heavy atom. The molecular weight excluding hydrogens is 399 g/mol. The quantitative estimate of drug-likeness (QED) is 0.469. The van der Waals surface area contributed by atoms with Gasteiger partial charge in [-0.15, -0.1) is 16.4 Å². The molecule has 7 heteroatoms. The SMILES string of the molecule is Cc1cc(F)cc2c1N(C(=O)c1nc(-c3cccs3)n(-c3ccccc3)n1)CCC2. The van der Waals surface area contributed by atoms with Gasteiger partial charge in [-0.05, 0) is 66.6 Å². The maximum absolute atomic E-state index is 13.9. The topological polar surface area (TPSA) is 51.0 Å². The van der Waals surface area contributed by atoms with Crippen molar-refractivity contribution in [3.05, 3.63) is 82.7 Å². The standard InChI is InChI=1S/C23H19FN4OS/c1-15-13-17(24)14-16-7-5-11-27(20(15)16)23(29)21-25-22(19-10-6-12-30-19)28(26-21)18-8-3-2-4-9-18/h2-4,6,8-10,12-14H,5,7,11H2,1H3. The van der Waals surface area contributed by atoms with Gasteiger partial charge in [-0.25, -0.2) is 14.1 Å². The summed E-state index contributed by atoms with van der Waals surface area (Å²) in [7, 11) is 0. The number of carbonyl (C=O) groups is 1. The molecular formula is C23H19FN4OS. The van der Waals surface area contributed by atoms with Crippen molar-refractivity contribution in [2.45, 2.75) is 19.8 Å². The Kier molecular flexibility index (Phi) is 4.67. The summed E-state index contributed by atoms with van der Waals surface area (Å²) in [4.78, 5) is 20.7. The Balaban J connectivity index is 1.60. The van der Waals surface area contributed by atoms with E-state index < -0.39 is 0 Å². The molecule has 4 aromatic rings. The molecule has 0 saturated carbocycles. The molecule has 2 aromatic heterocycles. The van der Waals surface area contributed by atoms with E-state index in [4.69, 9.17) is 0 Å². The van der Waals surface area contributed by atoms with Gasteiger partial charge in [0.05, 0.1) is 16.3 Å². The number of carbonyl (C=O) groups excluding carboxylic acids is 1. The molecule has 0 bridgehead atoms.